The van der Waals surface area contributed by atoms with Gasteiger partial charge in [-0.05, 0) is 25.0 Å². The van der Waals surface area contributed by atoms with Gasteiger partial charge in [0.05, 0.1) is 0 Å². The zero-order chi connectivity index (χ0) is 16.5. The highest BCUT2D eigenvalue weighted by Gasteiger charge is 2.17. The van der Waals surface area contributed by atoms with E-state index in [1.54, 1.807) is 0 Å². The number of rotatable bonds is 7. The maximum Gasteiger partial charge on any atom is 0.241 e. The van der Waals surface area contributed by atoms with Gasteiger partial charge in [-0.15, -0.1) is 0 Å². The third kappa shape index (κ3) is 5.67. The van der Waals surface area contributed by atoms with Crippen molar-refractivity contribution >= 4 is 17.3 Å². The van der Waals surface area contributed by atoms with Crippen LogP contribution in [0.3, 0.4) is 0 Å². The number of hydrazone groups is 1. The molecule has 1 heterocycles. The smallest absolute Gasteiger partial charge is 0.241 e. The molecule has 0 unspecified atom stereocenters. The Morgan fingerprint density at radius 2 is 1.74 bits per heavy atom. The molecule has 2 rings (SSSR count). The average Bonchev–Trinajstić information content (AvgIpc) is 2.62. The van der Waals surface area contributed by atoms with Crippen LogP contribution in [-0.2, 0) is 4.79 Å². The van der Waals surface area contributed by atoms with Gasteiger partial charge in [0.1, 0.15) is 0 Å². The first kappa shape index (κ1) is 17.5. The number of nitrogens with zero attached hydrogens (tertiary/aromatic N) is 3. The second-order valence-electron chi connectivity index (χ2n) is 5.83. The molecular formula is C18H28N4O. The lowest BCUT2D eigenvalue weighted by Crippen LogP contribution is -2.47. The molecule has 0 saturated carbocycles. The number of benzene rings is 1. The third-order valence-electron chi connectivity index (χ3n) is 4.30. The normalized spacial score (nSPS) is 15.3. The highest BCUT2D eigenvalue weighted by Crippen LogP contribution is 2.15. The Balaban J connectivity index is 1.68. The van der Waals surface area contributed by atoms with Crippen molar-refractivity contribution in [1.29, 1.82) is 0 Å². The molecule has 1 aromatic carbocycles. The van der Waals surface area contributed by atoms with Crippen LogP contribution in [0.1, 0.15) is 33.1 Å². The molecule has 23 heavy (non-hydrogen) atoms. The van der Waals surface area contributed by atoms with Gasteiger partial charge in [-0.1, -0.05) is 32.0 Å². The van der Waals surface area contributed by atoms with Crippen LogP contribution in [0, 0.1) is 0 Å². The first-order valence-electron chi connectivity index (χ1n) is 8.59. The number of piperazine rings is 1. The summed E-state index contributed by atoms with van der Waals surface area (Å²) >= 11 is 0. The number of amides is 1. The number of para-hydroxylation sites is 1. The van der Waals surface area contributed by atoms with E-state index in [1.165, 1.54) is 5.69 Å². The summed E-state index contributed by atoms with van der Waals surface area (Å²) in [5.41, 5.74) is 4.99. The minimum atomic E-state index is 0.00916. The molecule has 1 fully saturated rings. The van der Waals surface area contributed by atoms with Crippen molar-refractivity contribution in [3.8, 4) is 0 Å². The number of hydrogen-bond acceptors (Lipinski definition) is 4. The quantitative estimate of drug-likeness (QED) is 0.621. The molecule has 5 nitrogen and oxygen atoms in total. The summed E-state index contributed by atoms with van der Waals surface area (Å²) in [6, 6.07) is 10.5. The zero-order valence-corrected chi connectivity index (χ0v) is 14.3. The van der Waals surface area contributed by atoms with Crippen LogP contribution >= 0.6 is 0 Å². The second-order valence-corrected chi connectivity index (χ2v) is 5.83. The third-order valence-corrected chi connectivity index (χ3v) is 4.30. The summed E-state index contributed by atoms with van der Waals surface area (Å²) in [6.45, 7) is 8.94. The number of carbonyl (C=O) groups is 1. The van der Waals surface area contributed by atoms with Gasteiger partial charge in [0, 0.05) is 50.5 Å². The van der Waals surface area contributed by atoms with E-state index >= 15 is 0 Å². The van der Waals surface area contributed by atoms with Crippen molar-refractivity contribution in [3.05, 3.63) is 30.3 Å². The Morgan fingerprint density at radius 3 is 2.35 bits per heavy atom. The molecule has 0 bridgehead atoms. The summed E-state index contributed by atoms with van der Waals surface area (Å²) in [6.07, 6.45) is 2.28. The van der Waals surface area contributed by atoms with E-state index in [1.807, 2.05) is 6.07 Å². The summed E-state index contributed by atoms with van der Waals surface area (Å²) in [5.74, 6) is 0.00916. The highest BCUT2D eigenvalue weighted by molar-refractivity contribution is 5.85. The summed E-state index contributed by atoms with van der Waals surface area (Å²) in [4.78, 5) is 16.6. The van der Waals surface area contributed by atoms with Crippen LogP contribution in [0.25, 0.3) is 0 Å². The van der Waals surface area contributed by atoms with E-state index in [0.717, 1.165) is 51.3 Å². The fraction of sp³-hybridized carbons (Fsp3) is 0.556. The monoisotopic (exact) mass is 316 g/mol. The van der Waals surface area contributed by atoms with Gasteiger partial charge in [-0.25, -0.2) is 5.43 Å². The highest BCUT2D eigenvalue weighted by atomic mass is 16.2. The van der Waals surface area contributed by atoms with Crippen LogP contribution in [0.5, 0.6) is 0 Å². The van der Waals surface area contributed by atoms with Crippen LogP contribution < -0.4 is 10.3 Å². The molecule has 0 radical (unpaired) electrons. The standard InChI is InChI=1S/C18H28N4O/c1-3-16(4-2)19-20-18(23)10-11-21-12-14-22(15-13-21)17-8-6-5-7-9-17/h5-9H,3-4,10-15H2,1-2H3,(H,20,23). The van der Waals surface area contributed by atoms with Crippen LogP contribution in [-0.4, -0.2) is 49.2 Å². The van der Waals surface area contributed by atoms with E-state index in [2.05, 4.69) is 58.4 Å². The van der Waals surface area contributed by atoms with Gasteiger partial charge in [-0.2, -0.15) is 5.10 Å². The Labute approximate surface area is 139 Å². The summed E-state index contributed by atoms with van der Waals surface area (Å²) in [7, 11) is 0. The van der Waals surface area contributed by atoms with Crippen LogP contribution in [0.15, 0.2) is 35.4 Å². The lowest BCUT2D eigenvalue weighted by atomic mass is 10.2. The fourth-order valence-corrected chi connectivity index (χ4v) is 2.73. The van der Waals surface area contributed by atoms with E-state index in [4.69, 9.17) is 0 Å². The fourth-order valence-electron chi connectivity index (χ4n) is 2.73. The van der Waals surface area contributed by atoms with Crippen molar-refractivity contribution in [2.75, 3.05) is 37.6 Å². The lowest BCUT2D eigenvalue weighted by Gasteiger charge is -2.36. The largest absolute Gasteiger partial charge is 0.369 e. The Morgan fingerprint density at radius 1 is 1.09 bits per heavy atom. The van der Waals surface area contributed by atoms with Gasteiger partial charge in [0.15, 0.2) is 0 Å². The van der Waals surface area contributed by atoms with Gasteiger partial charge in [-0.3, -0.25) is 9.69 Å². The number of anilines is 1. The molecule has 0 aromatic heterocycles. The van der Waals surface area contributed by atoms with E-state index < -0.39 is 0 Å². The van der Waals surface area contributed by atoms with E-state index in [0.29, 0.717) is 6.42 Å². The molecule has 1 saturated heterocycles. The van der Waals surface area contributed by atoms with Crippen molar-refractivity contribution in [2.24, 2.45) is 5.10 Å². The van der Waals surface area contributed by atoms with Gasteiger partial charge in [0.2, 0.25) is 5.91 Å². The minimum absolute atomic E-state index is 0.00916. The molecule has 0 spiro atoms. The molecule has 1 N–H and O–H groups in total. The maximum atomic E-state index is 11.9. The van der Waals surface area contributed by atoms with Crippen LogP contribution in [0.2, 0.25) is 0 Å². The van der Waals surface area contributed by atoms with Crippen molar-refractivity contribution in [2.45, 2.75) is 33.1 Å². The van der Waals surface area contributed by atoms with Crippen molar-refractivity contribution < 1.29 is 4.79 Å². The van der Waals surface area contributed by atoms with Crippen molar-refractivity contribution in [3.63, 3.8) is 0 Å². The molecule has 0 aliphatic carbocycles. The van der Waals surface area contributed by atoms with Crippen LogP contribution in [0.4, 0.5) is 5.69 Å². The minimum Gasteiger partial charge on any atom is -0.369 e. The van der Waals surface area contributed by atoms with Crippen molar-refractivity contribution in [1.82, 2.24) is 10.3 Å². The summed E-state index contributed by atoms with van der Waals surface area (Å²) in [5, 5.41) is 4.17. The molecule has 1 aliphatic rings. The van der Waals surface area contributed by atoms with Gasteiger partial charge < -0.3 is 4.90 Å². The summed E-state index contributed by atoms with van der Waals surface area (Å²) < 4.78 is 0. The Kier molecular flexibility index (Phi) is 7.07. The predicted octanol–water partition coefficient (Wildman–Crippen LogP) is 2.49. The second kappa shape index (κ2) is 9.30. The Hall–Kier alpha value is -1.88. The average molecular weight is 316 g/mol. The molecule has 5 heteroatoms. The Bertz CT molecular complexity index is 501. The van der Waals surface area contributed by atoms with Gasteiger partial charge in [0.25, 0.3) is 0 Å². The molecule has 0 atom stereocenters. The first-order valence-corrected chi connectivity index (χ1v) is 8.59. The predicted molar refractivity (Wildman–Crippen MR) is 95.9 cm³/mol. The topological polar surface area (TPSA) is 47.9 Å². The molecule has 1 aliphatic heterocycles. The number of carbonyl (C=O) groups excluding carboxylic acids is 1. The van der Waals surface area contributed by atoms with E-state index in [9.17, 15) is 4.79 Å². The SMILES string of the molecule is CCC(CC)=NNC(=O)CCN1CCN(c2ccccc2)CC1. The first-order chi connectivity index (χ1) is 11.2. The maximum absolute atomic E-state index is 11.9. The lowest BCUT2D eigenvalue weighted by molar-refractivity contribution is -0.121. The zero-order valence-electron chi connectivity index (χ0n) is 14.3. The molecular weight excluding hydrogens is 288 g/mol. The number of nitrogens with one attached hydrogen (secondary N) is 1. The number of hydrogen-bond donors (Lipinski definition) is 1. The molecule has 1 aromatic rings. The molecule has 1 amide bonds. The van der Waals surface area contributed by atoms with Gasteiger partial charge >= 0.3 is 0 Å². The van der Waals surface area contributed by atoms with E-state index in [-0.39, 0.29) is 5.91 Å². The molecule has 126 valence electrons.